The van der Waals surface area contributed by atoms with Crippen LogP contribution in [-0.2, 0) is 17.9 Å². The zero-order valence-electron chi connectivity index (χ0n) is 17.5. The van der Waals surface area contributed by atoms with E-state index in [1.54, 1.807) is 24.1 Å². The minimum absolute atomic E-state index is 0. The second-order valence-corrected chi connectivity index (χ2v) is 6.97. The first kappa shape index (κ1) is 25.7. The molecule has 1 aromatic carbocycles. The van der Waals surface area contributed by atoms with E-state index in [9.17, 15) is 18.0 Å². The number of amides is 1. The first-order valence-electron chi connectivity index (χ1n) is 9.83. The maximum atomic E-state index is 12.4. The molecular weight excluding hydrogens is 538 g/mol. The summed E-state index contributed by atoms with van der Waals surface area (Å²) in [5, 5.41) is 6.19. The number of nitrogens with zero attached hydrogens (tertiary/aromatic N) is 3. The van der Waals surface area contributed by atoms with Crippen molar-refractivity contribution in [3.8, 4) is 5.88 Å². The second kappa shape index (κ2) is 11.9. The van der Waals surface area contributed by atoms with Crippen LogP contribution in [0.5, 0.6) is 5.88 Å². The summed E-state index contributed by atoms with van der Waals surface area (Å²) >= 11 is 0. The predicted octanol–water partition coefficient (Wildman–Crippen LogP) is 3.63. The van der Waals surface area contributed by atoms with E-state index in [0.29, 0.717) is 24.5 Å². The molecule has 1 aromatic heterocycles. The number of alkyl halides is 3. The highest BCUT2D eigenvalue weighted by atomic mass is 127. The lowest BCUT2D eigenvalue weighted by atomic mass is 10.2. The van der Waals surface area contributed by atoms with E-state index >= 15 is 0 Å². The summed E-state index contributed by atoms with van der Waals surface area (Å²) in [6.07, 6.45) is -1.59. The van der Waals surface area contributed by atoms with Gasteiger partial charge in [-0.2, -0.15) is 13.2 Å². The Morgan fingerprint density at radius 3 is 2.53 bits per heavy atom. The number of nitrogens with one attached hydrogen (secondary N) is 2. The average Bonchev–Trinajstić information content (AvgIpc) is 3.18. The lowest BCUT2D eigenvalue weighted by Gasteiger charge is -2.17. The Morgan fingerprint density at radius 2 is 1.91 bits per heavy atom. The summed E-state index contributed by atoms with van der Waals surface area (Å²) in [6.45, 7) is 0.0219. The molecule has 3 rings (SSSR count). The maximum Gasteiger partial charge on any atom is 0.422 e. The van der Waals surface area contributed by atoms with Crippen LogP contribution in [-0.4, -0.2) is 43.2 Å². The number of anilines is 1. The van der Waals surface area contributed by atoms with Crippen LogP contribution < -0.4 is 20.3 Å². The van der Waals surface area contributed by atoms with E-state index in [-0.39, 0.29) is 42.3 Å². The molecule has 2 heterocycles. The minimum Gasteiger partial charge on any atom is -0.468 e. The minimum atomic E-state index is -4.43. The molecule has 0 aliphatic carbocycles. The molecule has 7 nitrogen and oxygen atoms in total. The molecule has 0 radical (unpaired) electrons. The molecule has 0 saturated carbocycles. The lowest BCUT2D eigenvalue weighted by Crippen LogP contribution is -2.36. The molecule has 0 unspecified atom stereocenters. The number of halogens is 4. The third-order valence-corrected chi connectivity index (χ3v) is 4.67. The van der Waals surface area contributed by atoms with Gasteiger partial charge in [0.15, 0.2) is 12.6 Å². The van der Waals surface area contributed by atoms with E-state index in [1.807, 2.05) is 24.3 Å². The van der Waals surface area contributed by atoms with Gasteiger partial charge in [-0.3, -0.25) is 9.79 Å². The highest BCUT2D eigenvalue weighted by molar-refractivity contribution is 14.0. The van der Waals surface area contributed by atoms with Crippen LogP contribution in [0.25, 0.3) is 0 Å². The molecule has 1 saturated heterocycles. The van der Waals surface area contributed by atoms with Crippen molar-refractivity contribution in [1.29, 1.82) is 0 Å². The summed E-state index contributed by atoms with van der Waals surface area (Å²) in [4.78, 5) is 21.6. The maximum absolute atomic E-state index is 12.4. The van der Waals surface area contributed by atoms with Crippen LogP contribution in [0.3, 0.4) is 0 Å². The Labute approximate surface area is 201 Å². The van der Waals surface area contributed by atoms with Crippen molar-refractivity contribution in [2.75, 3.05) is 25.1 Å². The summed E-state index contributed by atoms with van der Waals surface area (Å²) in [5.41, 5.74) is 2.36. The topological polar surface area (TPSA) is 78.9 Å². The van der Waals surface area contributed by atoms with E-state index < -0.39 is 12.8 Å². The zero-order valence-corrected chi connectivity index (χ0v) is 19.8. The Morgan fingerprint density at radius 1 is 1.19 bits per heavy atom. The number of ether oxygens (including phenoxy) is 1. The SMILES string of the molecule is CN=C(NCc1ccc(N2CCCC2=O)cc1)NCc1cccnc1OCC(F)(F)F.I. The van der Waals surface area contributed by atoms with Gasteiger partial charge < -0.3 is 20.3 Å². The van der Waals surface area contributed by atoms with E-state index in [1.165, 1.54) is 6.20 Å². The summed E-state index contributed by atoms with van der Waals surface area (Å²) in [5.74, 6) is 0.545. The number of carbonyl (C=O) groups excluding carboxylic acids is 1. The van der Waals surface area contributed by atoms with E-state index in [2.05, 4.69) is 20.6 Å². The fraction of sp³-hybridized carbons (Fsp3) is 0.381. The van der Waals surface area contributed by atoms with Gasteiger partial charge >= 0.3 is 6.18 Å². The van der Waals surface area contributed by atoms with Gasteiger partial charge in [-0.1, -0.05) is 18.2 Å². The monoisotopic (exact) mass is 563 g/mol. The van der Waals surface area contributed by atoms with E-state index in [0.717, 1.165) is 24.2 Å². The molecule has 1 amide bonds. The third-order valence-electron chi connectivity index (χ3n) is 4.67. The quantitative estimate of drug-likeness (QED) is 0.306. The van der Waals surface area contributed by atoms with E-state index in [4.69, 9.17) is 4.74 Å². The number of hydrogen-bond donors (Lipinski definition) is 2. The van der Waals surface area contributed by atoms with Gasteiger partial charge in [-0.15, -0.1) is 24.0 Å². The molecular formula is C21H25F3IN5O2. The first-order valence-corrected chi connectivity index (χ1v) is 9.83. The summed E-state index contributed by atoms with van der Waals surface area (Å²) in [7, 11) is 1.60. The van der Waals surface area contributed by atoms with Crippen molar-refractivity contribution in [2.24, 2.45) is 4.99 Å². The Balaban J connectivity index is 0.00000363. The molecule has 174 valence electrons. The van der Waals surface area contributed by atoms with Crippen LogP contribution in [0.15, 0.2) is 47.6 Å². The smallest absolute Gasteiger partial charge is 0.422 e. The van der Waals surface area contributed by atoms with Gasteiger partial charge in [0.1, 0.15) is 0 Å². The molecule has 0 bridgehead atoms. The molecule has 1 aliphatic heterocycles. The Kier molecular flexibility index (Phi) is 9.54. The Hall–Kier alpha value is -2.57. The summed E-state index contributed by atoms with van der Waals surface area (Å²) in [6, 6.07) is 11.0. The highest BCUT2D eigenvalue weighted by Gasteiger charge is 2.29. The fourth-order valence-electron chi connectivity index (χ4n) is 3.14. The third kappa shape index (κ3) is 7.53. The first-order chi connectivity index (χ1) is 14.9. The van der Waals surface area contributed by atoms with Crippen LogP contribution in [0.2, 0.25) is 0 Å². The standard InChI is InChI=1S/C21H24F3N5O2.HI/c1-25-20(28-13-16-4-2-10-26-19(16)31-14-21(22,23)24)27-12-15-6-8-17(9-7-15)29-11-3-5-18(29)30;/h2,4,6-10H,3,5,11-14H2,1H3,(H2,25,27,28);1H. The molecule has 1 aliphatic rings. The summed E-state index contributed by atoms with van der Waals surface area (Å²) < 4.78 is 42.0. The van der Waals surface area contributed by atoms with Crippen LogP contribution >= 0.6 is 24.0 Å². The van der Waals surface area contributed by atoms with Crippen LogP contribution in [0.1, 0.15) is 24.0 Å². The highest BCUT2D eigenvalue weighted by Crippen LogP contribution is 2.22. The molecule has 11 heteroatoms. The average molecular weight is 563 g/mol. The molecule has 32 heavy (non-hydrogen) atoms. The Bertz CT molecular complexity index is 922. The van der Waals surface area contributed by atoms with Gasteiger partial charge in [-0.05, 0) is 30.2 Å². The molecule has 0 spiro atoms. The molecule has 0 atom stereocenters. The largest absolute Gasteiger partial charge is 0.468 e. The number of pyridine rings is 1. The number of hydrogen-bond acceptors (Lipinski definition) is 4. The van der Waals surface area contributed by atoms with Crippen LogP contribution in [0.4, 0.5) is 18.9 Å². The number of rotatable bonds is 7. The lowest BCUT2D eigenvalue weighted by molar-refractivity contribution is -0.154. The number of carbonyl (C=O) groups is 1. The van der Waals surface area contributed by atoms with Crippen molar-refractivity contribution in [2.45, 2.75) is 32.1 Å². The predicted molar refractivity (Wildman–Crippen MR) is 126 cm³/mol. The molecule has 2 N–H and O–H groups in total. The number of aromatic nitrogens is 1. The van der Waals surface area contributed by atoms with Gasteiger partial charge in [-0.25, -0.2) is 4.98 Å². The number of guanidine groups is 1. The fourth-order valence-corrected chi connectivity index (χ4v) is 3.14. The van der Waals surface area contributed by atoms with Gasteiger partial charge in [0.2, 0.25) is 11.8 Å². The zero-order chi connectivity index (χ0) is 22.3. The number of benzene rings is 1. The second-order valence-electron chi connectivity index (χ2n) is 6.97. The molecule has 1 fully saturated rings. The van der Waals surface area contributed by atoms with Gasteiger partial charge in [0.25, 0.3) is 0 Å². The van der Waals surface area contributed by atoms with Crippen molar-refractivity contribution >= 4 is 41.5 Å². The molecule has 2 aromatic rings. The van der Waals surface area contributed by atoms with Gasteiger partial charge in [0, 0.05) is 50.6 Å². The van der Waals surface area contributed by atoms with Crippen LogP contribution in [0, 0.1) is 0 Å². The van der Waals surface area contributed by atoms with Crippen molar-refractivity contribution in [3.63, 3.8) is 0 Å². The van der Waals surface area contributed by atoms with Gasteiger partial charge in [0.05, 0.1) is 0 Å². The number of aliphatic imine (C=N–C) groups is 1. The van der Waals surface area contributed by atoms with Crippen molar-refractivity contribution < 1.29 is 22.7 Å². The van der Waals surface area contributed by atoms with Crippen molar-refractivity contribution in [1.82, 2.24) is 15.6 Å². The van der Waals surface area contributed by atoms with Crippen molar-refractivity contribution in [3.05, 3.63) is 53.7 Å². The normalized spacial score (nSPS) is 14.2.